The van der Waals surface area contributed by atoms with Gasteiger partial charge in [-0.25, -0.2) is 9.97 Å². The molecule has 0 aliphatic carbocycles. The number of halogens is 1. The summed E-state index contributed by atoms with van der Waals surface area (Å²) in [6.45, 7) is 0. The van der Waals surface area contributed by atoms with E-state index in [0.29, 0.717) is 12.3 Å². The van der Waals surface area contributed by atoms with Crippen LogP contribution in [0, 0.1) is 0 Å². The van der Waals surface area contributed by atoms with Gasteiger partial charge >= 0.3 is 0 Å². The molecule has 0 atom stereocenters. The predicted octanol–water partition coefficient (Wildman–Crippen LogP) is 1.94. The summed E-state index contributed by atoms with van der Waals surface area (Å²) in [7, 11) is 1.89. The Morgan fingerprint density at radius 1 is 1.39 bits per heavy atom. The van der Waals surface area contributed by atoms with Crippen molar-refractivity contribution in [2.75, 3.05) is 5.88 Å². The second kappa shape index (κ2) is 4.42. The van der Waals surface area contributed by atoms with Gasteiger partial charge in [0.15, 0.2) is 5.65 Å². The molecule has 0 saturated heterocycles. The Balaban J connectivity index is 2.27. The molecular formula is C12H12ClN5. The highest BCUT2D eigenvalue weighted by molar-refractivity contribution is 6.17. The van der Waals surface area contributed by atoms with Gasteiger partial charge in [-0.1, -0.05) is 0 Å². The average molecular weight is 262 g/mol. The molecule has 3 aromatic heterocycles. The predicted molar refractivity (Wildman–Crippen MR) is 70.1 cm³/mol. The van der Waals surface area contributed by atoms with Crippen LogP contribution in [0.1, 0.15) is 5.82 Å². The Morgan fingerprint density at radius 2 is 2.28 bits per heavy atom. The van der Waals surface area contributed by atoms with E-state index in [2.05, 4.69) is 15.1 Å². The normalized spacial score (nSPS) is 11.2. The van der Waals surface area contributed by atoms with E-state index in [-0.39, 0.29) is 0 Å². The number of hydrogen-bond acceptors (Lipinski definition) is 3. The van der Waals surface area contributed by atoms with Crippen LogP contribution < -0.4 is 0 Å². The Morgan fingerprint density at radius 3 is 3.00 bits per heavy atom. The molecule has 0 spiro atoms. The zero-order chi connectivity index (χ0) is 12.5. The number of rotatable bonds is 3. The molecule has 18 heavy (non-hydrogen) atoms. The van der Waals surface area contributed by atoms with Crippen LogP contribution in [0.4, 0.5) is 0 Å². The number of alkyl halides is 1. The molecule has 3 rings (SSSR count). The van der Waals surface area contributed by atoms with Crippen molar-refractivity contribution in [2.45, 2.75) is 6.42 Å². The van der Waals surface area contributed by atoms with Crippen molar-refractivity contribution < 1.29 is 0 Å². The van der Waals surface area contributed by atoms with Gasteiger partial charge in [-0.15, -0.1) is 11.6 Å². The monoisotopic (exact) mass is 261 g/mol. The summed E-state index contributed by atoms with van der Waals surface area (Å²) in [4.78, 5) is 8.96. The van der Waals surface area contributed by atoms with Crippen molar-refractivity contribution in [2.24, 2.45) is 7.05 Å². The Bertz CT molecular complexity index is 685. The fraction of sp³-hybridized carbons (Fsp3) is 0.250. The standard InChI is InChI=1S/C12H12ClN5/c1-17-8-9(7-15-17)18-11(4-5-13)16-10-3-2-6-14-12(10)18/h2-3,6-8H,4-5H2,1H3. The molecule has 92 valence electrons. The summed E-state index contributed by atoms with van der Waals surface area (Å²) in [5.74, 6) is 1.44. The molecule has 0 aliphatic heterocycles. The number of hydrogen-bond donors (Lipinski definition) is 0. The number of nitrogens with zero attached hydrogens (tertiary/aromatic N) is 5. The SMILES string of the molecule is Cn1cc(-n2c(CCCl)nc3cccnc32)cn1. The van der Waals surface area contributed by atoms with Gasteiger partial charge in [0.25, 0.3) is 0 Å². The quantitative estimate of drug-likeness (QED) is 0.677. The lowest BCUT2D eigenvalue weighted by Crippen LogP contribution is -2.02. The molecule has 0 unspecified atom stereocenters. The van der Waals surface area contributed by atoms with Gasteiger partial charge in [0.1, 0.15) is 11.3 Å². The van der Waals surface area contributed by atoms with Gasteiger partial charge in [0.2, 0.25) is 0 Å². The summed E-state index contributed by atoms with van der Waals surface area (Å²) in [5, 5.41) is 4.19. The highest BCUT2D eigenvalue weighted by Crippen LogP contribution is 2.19. The number of fused-ring (bicyclic) bond motifs is 1. The molecule has 6 heteroatoms. The van der Waals surface area contributed by atoms with Crippen LogP contribution in [0.2, 0.25) is 0 Å². The Kier molecular flexibility index (Phi) is 2.76. The smallest absolute Gasteiger partial charge is 0.164 e. The molecule has 0 aromatic carbocycles. The molecule has 3 aromatic rings. The maximum Gasteiger partial charge on any atom is 0.164 e. The van der Waals surface area contributed by atoms with E-state index in [0.717, 1.165) is 22.7 Å². The Hall–Kier alpha value is -1.88. The second-order valence-electron chi connectivity index (χ2n) is 4.02. The highest BCUT2D eigenvalue weighted by Gasteiger charge is 2.13. The van der Waals surface area contributed by atoms with Crippen molar-refractivity contribution in [1.29, 1.82) is 0 Å². The summed E-state index contributed by atoms with van der Waals surface area (Å²) in [5.41, 5.74) is 2.67. The average Bonchev–Trinajstić information content (AvgIpc) is 2.92. The maximum atomic E-state index is 5.83. The van der Waals surface area contributed by atoms with Crippen LogP contribution >= 0.6 is 11.6 Å². The molecule has 0 N–H and O–H groups in total. The first-order valence-electron chi connectivity index (χ1n) is 5.67. The van der Waals surface area contributed by atoms with Crippen molar-refractivity contribution in [1.82, 2.24) is 24.3 Å². The maximum absolute atomic E-state index is 5.83. The molecule has 0 saturated carbocycles. The van der Waals surface area contributed by atoms with Gasteiger partial charge < -0.3 is 0 Å². The first kappa shape index (κ1) is 11.2. The summed E-state index contributed by atoms with van der Waals surface area (Å²) in [6, 6.07) is 3.83. The van der Waals surface area contributed by atoms with E-state index in [4.69, 9.17) is 11.6 Å². The zero-order valence-electron chi connectivity index (χ0n) is 9.91. The van der Waals surface area contributed by atoms with Gasteiger partial charge in [-0.3, -0.25) is 9.25 Å². The van der Waals surface area contributed by atoms with Crippen molar-refractivity contribution in [3.8, 4) is 5.69 Å². The second-order valence-corrected chi connectivity index (χ2v) is 4.40. The number of aryl methyl sites for hydroxylation is 2. The van der Waals surface area contributed by atoms with E-state index < -0.39 is 0 Å². The number of aromatic nitrogens is 5. The van der Waals surface area contributed by atoms with Gasteiger partial charge in [0.05, 0.1) is 11.9 Å². The van der Waals surface area contributed by atoms with Gasteiger partial charge in [-0.05, 0) is 12.1 Å². The minimum Gasteiger partial charge on any atom is -0.277 e. The molecule has 0 amide bonds. The molecule has 0 aliphatic rings. The summed E-state index contributed by atoms with van der Waals surface area (Å²) in [6.07, 6.45) is 6.20. The van der Waals surface area contributed by atoms with Crippen molar-refractivity contribution in [3.05, 3.63) is 36.5 Å². The van der Waals surface area contributed by atoms with Crippen LogP contribution in [-0.4, -0.2) is 30.2 Å². The van der Waals surface area contributed by atoms with Crippen LogP contribution in [0.5, 0.6) is 0 Å². The molecule has 0 fully saturated rings. The zero-order valence-corrected chi connectivity index (χ0v) is 10.7. The van der Waals surface area contributed by atoms with Gasteiger partial charge in [-0.2, -0.15) is 5.10 Å². The topological polar surface area (TPSA) is 48.5 Å². The molecule has 5 nitrogen and oxygen atoms in total. The van der Waals surface area contributed by atoms with E-state index in [1.807, 2.05) is 29.9 Å². The Labute approximate surface area is 109 Å². The number of pyridine rings is 1. The minimum atomic E-state index is 0.531. The van der Waals surface area contributed by atoms with Crippen molar-refractivity contribution >= 4 is 22.8 Å². The van der Waals surface area contributed by atoms with Crippen LogP contribution in [0.3, 0.4) is 0 Å². The van der Waals surface area contributed by atoms with E-state index in [1.54, 1.807) is 17.1 Å². The van der Waals surface area contributed by atoms with Crippen LogP contribution in [0.25, 0.3) is 16.9 Å². The largest absolute Gasteiger partial charge is 0.277 e. The fourth-order valence-corrected chi connectivity index (χ4v) is 2.18. The third-order valence-corrected chi connectivity index (χ3v) is 2.94. The summed E-state index contributed by atoms with van der Waals surface area (Å²) >= 11 is 5.83. The van der Waals surface area contributed by atoms with E-state index >= 15 is 0 Å². The van der Waals surface area contributed by atoms with Crippen LogP contribution in [-0.2, 0) is 13.5 Å². The first-order chi connectivity index (χ1) is 8.79. The van der Waals surface area contributed by atoms with E-state index in [1.165, 1.54) is 0 Å². The summed E-state index contributed by atoms with van der Waals surface area (Å²) < 4.78 is 3.76. The molecule has 0 bridgehead atoms. The van der Waals surface area contributed by atoms with E-state index in [9.17, 15) is 0 Å². The lowest BCUT2D eigenvalue weighted by molar-refractivity contribution is 0.767. The lowest BCUT2D eigenvalue weighted by Gasteiger charge is -2.03. The fourth-order valence-electron chi connectivity index (χ4n) is 2.01. The lowest BCUT2D eigenvalue weighted by atomic mass is 10.4. The third-order valence-electron chi connectivity index (χ3n) is 2.75. The van der Waals surface area contributed by atoms with Crippen LogP contribution in [0.15, 0.2) is 30.7 Å². The molecule has 0 radical (unpaired) electrons. The highest BCUT2D eigenvalue weighted by atomic mass is 35.5. The minimum absolute atomic E-state index is 0.531. The first-order valence-corrected chi connectivity index (χ1v) is 6.20. The van der Waals surface area contributed by atoms with Gasteiger partial charge in [0, 0.05) is 31.7 Å². The molecule has 3 heterocycles. The molecular weight excluding hydrogens is 250 g/mol. The van der Waals surface area contributed by atoms with Crippen molar-refractivity contribution in [3.63, 3.8) is 0 Å². The number of imidazole rings is 1. The third kappa shape index (κ3) is 1.76.